The molecule has 0 fully saturated rings. The zero-order chi connectivity index (χ0) is 17.0. The number of ether oxygens (including phenoxy) is 1. The Labute approximate surface area is 138 Å². The van der Waals surface area contributed by atoms with E-state index in [2.05, 4.69) is 5.32 Å². The Kier molecular flexibility index (Phi) is 5.34. The Balaban J connectivity index is 2.04. The van der Waals surface area contributed by atoms with Crippen molar-refractivity contribution in [2.24, 2.45) is 0 Å². The summed E-state index contributed by atoms with van der Waals surface area (Å²) in [6, 6.07) is 10.5. The van der Waals surface area contributed by atoms with Gasteiger partial charge in [0.2, 0.25) is 0 Å². The summed E-state index contributed by atoms with van der Waals surface area (Å²) in [7, 11) is 0. The third kappa shape index (κ3) is 4.07. The van der Waals surface area contributed by atoms with E-state index in [9.17, 15) is 14.0 Å². The number of nitrogens with one attached hydrogen (secondary N) is 1. The number of carbonyl (C=O) groups is 2. The van der Waals surface area contributed by atoms with Crippen molar-refractivity contribution in [1.29, 1.82) is 0 Å². The third-order valence-electron chi connectivity index (χ3n) is 3.27. The first-order valence-corrected chi connectivity index (χ1v) is 7.29. The molecule has 120 valence electrons. The molecule has 1 atom stereocenters. The first-order chi connectivity index (χ1) is 10.9. The minimum atomic E-state index is -1.08. The Morgan fingerprint density at radius 2 is 1.87 bits per heavy atom. The molecule has 0 radical (unpaired) electrons. The minimum Gasteiger partial charge on any atom is -0.449 e. The molecule has 0 bridgehead atoms. The predicted molar refractivity (Wildman–Crippen MR) is 86.1 cm³/mol. The van der Waals surface area contributed by atoms with Crippen LogP contribution in [0.4, 0.5) is 10.1 Å². The van der Waals surface area contributed by atoms with Crippen LogP contribution >= 0.6 is 11.6 Å². The fraction of sp³-hybridized carbons (Fsp3) is 0.176. The normalized spacial score (nSPS) is 11.7. The number of rotatable bonds is 4. The summed E-state index contributed by atoms with van der Waals surface area (Å²) in [5.74, 6) is -2.12. The molecular formula is C17H15ClFNO3. The lowest BCUT2D eigenvalue weighted by Crippen LogP contribution is -2.30. The predicted octanol–water partition coefficient (Wildman–Crippen LogP) is 3.97. The highest BCUT2D eigenvalue weighted by molar-refractivity contribution is 6.31. The minimum absolute atomic E-state index is 0.217. The zero-order valence-corrected chi connectivity index (χ0v) is 13.4. The lowest BCUT2D eigenvalue weighted by molar-refractivity contribution is -0.123. The molecule has 0 aliphatic heterocycles. The van der Waals surface area contributed by atoms with Crippen LogP contribution in [0.2, 0.25) is 5.02 Å². The maximum absolute atomic E-state index is 13.5. The number of hydrogen-bond donors (Lipinski definition) is 1. The zero-order valence-electron chi connectivity index (χ0n) is 12.6. The monoisotopic (exact) mass is 335 g/mol. The van der Waals surface area contributed by atoms with Gasteiger partial charge in [-0.1, -0.05) is 29.8 Å². The highest BCUT2D eigenvalue weighted by Crippen LogP contribution is 2.23. The van der Waals surface area contributed by atoms with Crippen LogP contribution in [-0.2, 0) is 9.53 Å². The van der Waals surface area contributed by atoms with Gasteiger partial charge in [-0.3, -0.25) is 4.79 Å². The number of benzene rings is 2. The van der Waals surface area contributed by atoms with E-state index >= 15 is 0 Å². The van der Waals surface area contributed by atoms with Gasteiger partial charge in [0.25, 0.3) is 5.91 Å². The van der Waals surface area contributed by atoms with Gasteiger partial charge in [-0.25, -0.2) is 9.18 Å². The fourth-order valence-corrected chi connectivity index (χ4v) is 2.06. The van der Waals surface area contributed by atoms with Gasteiger partial charge < -0.3 is 10.1 Å². The molecule has 0 saturated carbocycles. The van der Waals surface area contributed by atoms with Crippen molar-refractivity contribution >= 4 is 29.2 Å². The van der Waals surface area contributed by atoms with Crippen molar-refractivity contribution < 1.29 is 18.7 Å². The van der Waals surface area contributed by atoms with E-state index in [1.165, 1.54) is 25.1 Å². The summed E-state index contributed by atoms with van der Waals surface area (Å²) in [4.78, 5) is 24.0. The highest BCUT2D eigenvalue weighted by Gasteiger charge is 2.21. The highest BCUT2D eigenvalue weighted by atomic mass is 35.5. The van der Waals surface area contributed by atoms with Crippen LogP contribution in [0.5, 0.6) is 0 Å². The van der Waals surface area contributed by atoms with Gasteiger partial charge in [0.05, 0.1) is 5.56 Å². The Bertz CT molecular complexity index is 748. The summed E-state index contributed by atoms with van der Waals surface area (Å²) in [6.45, 7) is 3.17. The van der Waals surface area contributed by atoms with E-state index in [1.54, 1.807) is 25.1 Å². The molecule has 0 aliphatic rings. The van der Waals surface area contributed by atoms with Crippen molar-refractivity contribution in [1.82, 2.24) is 0 Å². The van der Waals surface area contributed by atoms with Gasteiger partial charge in [0, 0.05) is 10.7 Å². The van der Waals surface area contributed by atoms with Crippen LogP contribution in [0.25, 0.3) is 0 Å². The van der Waals surface area contributed by atoms with Crippen molar-refractivity contribution in [3.63, 3.8) is 0 Å². The SMILES string of the molecule is Cc1c(Cl)cccc1NC(=O)C(C)OC(=O)c1ccccc1F. The summed E-state index contributed by atoms with van der Waals surface area (Å²) in [5.41, 5.74) is 1.01. The first-order valence-electron chi connectivity index (χ1n) is 6.91. The molecule has 6 heteroatoms. The van der Waals surface area contributed by atoms with Gasteiger partial charge in [-0.2, -0.15) is 0 Å². The maximum Gasteiger partial charge on any atom is 0.341 e. The molecule has 0 aliphatic carbocycles. The second kappa shape index (κ2) is 7.24. The van der Waals surface area contributed by atoms with E-state index in [1.807, 2.05) is 0 Å². The molecule has 0 heterocycles. The Morgan fingerprint density at radius 1 is 1.17 bits per heavy atom. The molecule has 2 rings (SSSR count). The average Bonchev–Trinajstić information content (AvgIpc) is 2.52. The lowest BCUT2D eigenvalue weighted by atomic mass is 10.2. The van der Waals surface area contributed by atoms with Crippen LogP contribution in [0.15, 0.2) is 42.5 Å². The molecule has 0 spiro atoms. The molecule has 1 N–H and O–H groups in total. The number of anilines is 1. The van der Waals surface area contributed by atoms with Crippen molar-refractivity contribution in [2.45, 2.75) is 20.0 Å². The second-order valence-corrected chi connectivity index (χ2v) is 5.34. The van der Waals surface area contributed by atoms with Crippen LogP contribution in [0, 0.1) is 12.7 Å². The molecule has 2 aromatic rings. The van der Waals surface area contributed by atoms with Crippen molar-refractivity contribution in [2.75, 3.05) is 5.32 Å². The van der Waals surface area contributed by atoms with Crippen LogP contribution in [0.1, 0.15) is 22.8 Å². The molecule has 0 aromatic heterocycles. The molecule has 23 heavy (non-hydrogen) atoms. The second-order valence-electron chi connectivity index (χ2n) is 4.93. The fourth-order valence-electron chi connectivity index (χ4n) is 1.88. The Hall–Kier alpha value is -2.40. The van der Waals surface area contributed by atoms with Crippen LogP contribution < -0.4 is 5.32 Å². The van der Waals surface area contributed by atoms with Crippen molar-refractivity contribution in [3.05, 3.63) is 64.4 Å². The lowest BCUT2D eigenvalue weighted by Gasteiger charge is -2.15. The maximum atomic E-state index is 13.5. The summed E-state index contributed by atoms with van der Waals surface area (Å²) < 4.78 is 18.5. The molecule has 0 saturated heterocycles. The topological polar surface area (TPSA) is 55.4 Å². The first kappa shape index (κ1) is 17.0. The number of carbonyl (C=O) groups excluding carboxylic acids is 2. The van der Waals surface area contributed by atoms with Gasteiger partial charge in [0.1, 0.15) is 5.82 Å². The van der Waals surface area contributed by atoms with Crippen molar-refractivity contribution in [3.8, 4) is 0 Å². The van der Waals surface area contributed by atoms with E-state index < -0.39 is 23.8 Å². The summed E-state index contributed by atoms with van der Waals surface area (Å²) >= 11 is 5.98. The molecule has 2 aromatic carbocycles. The molecule has 1 unspecified atom stereocenters. The van der Waals surface area contributed by atoms with Crippen LogP contribution in [-0.4, -0.2) is 18.0 Å². The van der Waals surface area contributed by atoms with E-state index in [-0.39, 0.29) is 5.56 Å². The largest absolute Gasteiger partial charge is 0.449 e. The standard InChI is InChI=1S/C17H15ClFNO3/c1-10-13(18)7-5-9-15(10)20-16(21)11(2)23-17(22)12-6-3-4-8-14(12)19/h3-9,11H,1-2H3,(H,20,21). The van der Waals surface area contributed by atoms with Gasteiger partial charge >= 0.3 is 5.97 Å². The van der Waals surface area contributed by atoms with Gasteiger partial charge in [0.15, 0.2) is 6.10 Å². The van der Waals surface area contributed by atoms with Gasteiger partial charge in [-0.05, 0) is 43.7 Å². The molecule has 4 nitrogen and oxygen atoms in total. The number of amides is 1. The van der Waals surface area contributed by atoms with E-state index in [4.69, 9.17) is 16.3 Å². The quantitative estimate of drug-likeness (QED) is 0.860. The number of hydrogen-bond acceptors (Lipinski definition) is 3. The summed E-state index contributed by atoms with van der Waals surface area (Å²) in [6.07, 6.45) is -1.08. The van der Waals surface area contributed by atoms with Crippen LogP contribution in [0.3, 0.4) is 0 Å². The molecular weight excluding hydrogens is 321 g/mol. The molecule has 1 amide bonds. The number of esters is 1. The third-order valence-corrected chi connectivity index (χ3v) is 3.68. The van der Waals surface area contributed by atoms with Gasteiger partial charge in [-0.15, -0.1) is 0 Å². The Morgan fingerprint density at radius 3 is 2.57 bits per heavy atom. The summed E-state index contributed by atoms with van der Waals surface area (Å²) in [5, 5.41) is 3.14. The average molecular weight is 336 g/mol. The smallest absolute Gasteiger partial charge is 0.341 e. The number of halogens is 2. The van der Waals surface area contributed by atoms with E-state index in [0.717, 1.165) is 6.07 Å². The van der Waals surface area contributed by atoms with E-state index in [0.29, 0.717) is 16.3 Å².